The van der Waals surface area contributed by atoms with E-state index in [-0.39, 0.29) is 10.1 Å². The summed E-state index contributed by atoms with van der Waals surface area (Å²) in [6, 6.07) is 15.2. The van der Waals surface area contributed by atoms with Crippen LogP contribution in [0.5, 0.6) is 11.5 Å². The molecule has 0 N–H and O–H groups in total. The second-order valence-corrected chi connectivity index (χ2v) is 23.3. The lowest BCUT2D eigenvalue weighted by molar-refractivity contribution is 0.181. The number of rotatable bonds is 15. The number of aryl methyl sites for hydroxylation is 1. The standard InChI is InChI=1S/C33H56O4Si2/c1-12-13-14-15-27-16-18-28(19-17-27)29-20-21-30(34-22-24-36-38(8,9)32(2,3)4)31(26-29)35-23-25-37-39(10,11)33(5,6)7/h16-21,26H,12-15,22-25H2,1-11H3. The summed E-state index contributed by atoms with van der Waals surface area (Å²) in [4.78, 5) is 0. The lowest BCUT2D eigenvalue weighted by Gasteiger charge is -2.36. The highest BCUT2D eigenvalue weighted by molar-refractivity contribution is 6.74. The van der Waals surface area contributed by atoms with E-state index in [0.29, 0.717) is 26.4 Å². The minimum absolute atomic E-state index is 0.175. The molecule has 0 bridgehead atoms. The molecule has 0 heterocycles. The Hall–Kier alpha value is -1.61. The van der Waals surface area contributed by atoms with E-state index in [9.17, 15) is 0 Å². The Kier molecular flexibility index (Phi) is 12.4. The number of benzene rings is 2. The molecule has 0 amide bonds. The maximum atomic E-state index is 6.35. The molecule has 220 valence electrons. The molecule has 0 radical (unpaired) electrons. The van der Waals surface area contributed by atoms with Crippen LogP contribution in [0.25, 0.3) is 11.1 Å². The maximum Gasteiger partial charge on any atom is 0.192 e. The fourth-order valence-electron chi connectivity index (χ4n) is 3.69. The van der Waals surface area contributed by atoms with Gasteiger partial charge in [0.05, 0.1) is 13.2 Å². The lowest BCUT2D eigenvalue weighted by Crippen LogP contribution is -2.41. The van der Waals surface area contributed by atoms with Crippen molar-refractivity contribution in [3.05, 3.63) is 48.0 Å². The number of hydrogen-bond donors (Lipinski definition) is 0. The molecule has 2 aromatic carbocycles. The molecule has 0 fully saturated rings. The van der Waals surface area contributed by atoms with Gasteiger partial charge in [-0.25, -0.2) is 0 Å². The summed E-state index contributed by atoms with van der Waals surface area (Å²) in [6.45, 7) is 27.0. The first-order valence-electron chi connectivity index (χ1n) is 14.8. The van der Waals surface area contributed by atoms with E-state index in [4.69, 9.17) is 18.3 Å². The molecule has 6 heteroatoms. The second-order valence-electron chi connectivity index (χ2n) is 13.7. The van der Waals surface area contributed by atoms with Gasteiger partial charge in [0, 0.05) is 0 Å². The zero-order valence-electron chi connectivity index (χ0n) is 26.8. The fourth-order valence-corrected chi connectivity index (χ4v) is 5.75. The highest BCUT2D eigenvalue weighted by atomic mass is 28.4. The summed E-state index contributed by atoms with van der Waals surface area (Å²) >= 11 is 0. The average molecular weight is 573 g/mol. The van der Waals surface area contributed by atoms with Crippen LogP contribution < -0.4 is 9.47 Å². The van der Waals surface area contributed by atoms with Crippen LogP contribution in [0, 0.1) is 0 Å². The SMILES string of the molecule is CCCCCc1ccc(-c2ccc(OCCO[Si](C)(C)C(C)(C)C)c(OCCO[Si](C)(C)C(C)(C)C)c2)cc1. The van der Waals surface area contributed by atoms with E-state index in [1.807, 2.05) is 6.07 Å². The molecule has 0 aliphatic carbocycles. The van der Waals surface area contributed by atoms with E-state index in [1.54, 1.807) is 0 Å². The quantitative estimate of drug-likeness (QED) is 0.157. The first kappa shape index (κ1) is 33.6. The van der Waals surface area contributed by atoms with Crippen molar-refractivity contribution in [2.24, 2.45) is 0 Å². The Balaban J connectivity index is 2.13. The predicted molar refractivity (Wildman–Crippen MR) is 172 cm³/mol. The van der Waals surface area contributed by atoms with Crippen LogP contribution >= 0.6 is 0 Å². The van der Waals surface area contributed by atoms with E-state index in [2.05, 4.69) is 111 Å². The zero-order valence-corrected chi connectivity index (χ0v) is 28.8. The molecular weight excluding hydrogens is 517 g/mol. The van der Waals surface area contributed by atoms with Crippen molar-refractivity contribution >= 4 is 16.6 Å². The summed E-state index contributed by atoms with van der Waals surface area (Å²) in [5, 5.41) is 0.354. The molecule has 4 nitrogen and oxygen atoms in total. The van der Waals surface area contributed by atoms with Crippen molar-refractivity contribution in [2.75, 3.05) is 26.4 Å². The molecule has 0 aromatic heterocycles. The minimum Gasteiger partial charge on any atom is -0.487 e. The van der Waals surface area contributed by atoms with E-state index < -0.39 is 16.6 Å². The van der Waals surface area contributed by atoms with Gasteiger partial charge in [0.25, 0.3) is 0 Å². The first-order valence-corrected chi connectivity index (χ1v) is 20.7. The van der Waals surface area contributed by atoms with Gasteiger partial charge < -0.3 is 18.3 Å². The summed E-state index contributed by atoms with van der Waals surface area (Å²) in [7, 11) is -3.63. The topological polar surface area (TPSA) is 36.9 Å². The van der Waals surface area contributed by atoms with Gasteiger partial charge in [-0.05, 0) is 77.9 Å². The van der Waals surface area contributed by atoms with Crippen molar-refractivity contribution in [1.82, 2.24) is 0 Å². The summed E-state index contributed by atoms with van der Waals surface area (Å²) < 4.78 is 25.2. The van der Waals surface area contributed by atoms with Gasteiger partial charge in [-0.1, -0.05) is 91.6 Å². The molecular formula is C33H56O4Si2. The molecule has 0 atom stereocenters. The van der Waals surface area contributed by atoms with Crippen LogP contribution in [0.3, 0.4) is 0 Å². The lowest BCUT2D eigenvalue weighted by atomic mass is 10.0. The third-order valence-electron chi connectivity index (χ3n) is 8.52. The van der Waals surface area contributed by atoms with E-state index in [1.165, 1.54) is 30.4 Å². The van der Waals surface area contributed by atoms with Crippen LogP contribution in [0.1, 0.15) is 73.3 Å². The van der Waals surface area contributed by atoms with Crippen LogP contribution in [-0.2, 0) is 15.3 Å². The number of ether oxygens (including phenoxy) is 2. The molecule has 0 saturated heterocycles. The molecule has 0 unspecified atom stereocenters. The number of unbranched alkanes of at least 4 members (excludes halogenated alkanes) is 2. The van der Waals surface area contributed by atoms with Crippen LogP contribution in [-0.4, -0.2) is 43.1 Å². The summed E-state index contributed by atoms with van der Waals surface area (Å²) in [5.41, 5.74) is 3.71. The number of hydrogen-bond acceptors (Lipinski definition) is 4. The highest BCUT2D eigenvalue weighted by Crippen LogP contribution is 2.38. The van der Waals surface area contributed by atoms with Crippen molar-refractivity contribution < 1.29 is 18.3 Å². The van der Waals surface area contributed by atoms with Gasteiger partial charge in [0.15, 0.2) is 28.1 Å². The van der Waals surface area contributed by atoms with E-state index >= 15 is 0 Å². The Morgan fingerprint density at radius 3 is 1.56 bits per heavy atom. The Morgan fingerprint density at radius 2 is 1.08 bits per heavy atom. The third kappa shape index (κ3) is 10.4. The van der Waals surface area contributed by atoms with Gasteiger partial charge in [-0.3, -0.25) is 0 Å². The van der Waals surface area contributed by atoms with Crippen LogP contribution in [0.4, 0.5) is 0 Å². The second kappa shape index (κ2) is 14.3. The Labute approximate surface area is 242 Å². The molecule has 39 heavy (non-hydrogen) atoms. The van der Waals surface area contributed by atoms with Crippen LogP contribution in [0.2, 0.25) is 36.3 Å². The average Bonchev–Trinajstić information content (AvgIpc) is 2.84. The van der Waals surface area contributed by atoms with Gasteiger partial charge >= 0.3 is 0 Å². The Morgan fingerprint density at radius 1 is 0.590 bits per heavy atom. The van der Waals surface area contributed by atoms with Crippen molar-refractivity contribution in [2.45, 2.75) is 110 Å². The third-order valence-corrected chi connectivity index (χ3v) is 17.6. The Bertz CT molecular complexity index is 1000. The van der Waals surface area contributed by atoms with Gasteiger partial charge in [-0.2, -0.15) is 0 Å². The molecule has 2 aromatic rings. The summed E-state index contributed by atoms with van der Waals surface area (Å²) in [5.74, 6) is 1.51. The molecule has 0 aliphatic rings. The highest BCUT2D eigenvalue weighted by Gasteiger charge is 2.37. The molecule has 0 spiro atoms. The molecule has 0 saturated carbocycles. The predicted octanol–water partition coefficient (Wildman–Crippen LogP) is 9.89. The fraction of sp³-hybridized carbons (Fsp3) is 0.636. The van der Waals surface area contributed by atoms with Crippen molar-refractivity contribution in [1.29, 1.82) is 0 Å². The largest absolute Gasteiger partial charge is 0.487 e. The van der Waals surface area contributed by atoms with Gasteiger partial charge in [0.2, 0.25) is 0 Å². The van der Waals surface area contributed by atoms with Gasteiger partial charge in [0.1, 0.15) is 13.2 Å². The first-order chi connectivity index (χ1) is 18.1. The monoisotopic (exact) mass is 572 g/mol. The van der Waals surface area contributed by atoms with Crippen molar-refractivity contribution in [3.8, 4) is 22.6 Å². The molecule has 2 rings (SSSR count). The smallest absolute Gasteiger partial charge is 0.192 e. The molecule has 0 aliphatic heterocycles. The maximum absolute atomic E-state index is 6.35. The van der Waals surface area contributed by atoms with Crippen LogP contribution in [0.15, 0.2) is 42.5 Å². The minimum atomic E-state index is -1.82. The van der Waals surface area contributed by atoms with Crippen molar-refractivity contribution in [3.63, 3.8) is 0 Å². The summed E-state index contributed by atoms with van der Waals surface area (Å²) in [6.07, 6.45) is 4.92. The van der Waals surface area contributed by atoms with Gasteiger partial charge in [-0.15, -0.1) is 0 Å². The normalized spacial score (nSPS) is 13.0. The van der Waals surface area contributed by atoms with E-state index in [0.717, 1.165) is 23.5 Å². The zero-order chi connectivity index (χ0) is 29.3.